The summed E-state index contributed by atoms with van der Waals surface area (Å²) >= 11 is 0. The maximum Gasteiger partial charge on any atom is 0.222 e. The van der Waals surface area contributed by atoms with Crippen LogP contribution < -0.4 is 5.32 Å². The van der Waals surface area contributed by atoms with E-state index in [1.165, 1.54) is 5.57 Å². The number of allylic oxidation sites excluding steroid dienone is 2. The van der Waals surface area contributed by atoms with Gasteiger partial charge in [0.05, 0.1) is 5.69 Å². The van der Waals surface area contributed by atoms with E-state index >= 15 is 0 Å². The van der Waals surface area contributed by atoms with Crippen molar-refractivity contribution in [2.24, 2.45) is 5.41 Å². The van der Waals surface area contributed by atoms with Crippen molar-refractivity contribution in [3.05, 3.63) is 36.2 Å². The summed E-state index contributed by atoms with van der Waals surface area (Å²) in [7, 11) is 0. The van der Waals surface area contributed by atoms with Gasteiger partial charge >= 0.3 is 0 Å². The van der Waals surface area contributed by atoms with E-state index in [0.29, 0.717) is 12.3 Å². The largest absolute Gasteiger partial charge is 0.384 e. The number of rotatable bonds is 8. The van der Waals surface area contributed by atoms with E-state index in [2.05, 4.69) is 42.0 Å². The van der Waals surface area contributed by atoms with Crippen molar-refractivity contribution in [1.82, 2.24) is 9.88 Å². The second-order valence-corrected chi connectivity index (χ2v) is 7.47. The summed E-state index contributed by atoms with van der Waals surface area (Å²) in [6, 6.07) is 3.94. The summed E-state index contributed by atoms with van der Waals surface area (Å²) in [4.78, 5) is 18.4. The van der Waals surface area contributed by atoms with Crippen LogP contribution in [0, 0.1) is 5.41 Å². The van der Waals surface area contributed by atoms with Crippen LogP contribution in [0.4, 0.5) is 5.69 Å². The van der Waals surface area contributed by atoms with Gasteiger partial charge in [-0.2, -0.15) is 0 Å². The molecular formula is C20H31N3O. The summed E-state index contributed by atoms with van der Waals surface area (Å²) in [6.07, 6.45) is 10.9. The van der Waals surface area contributed by atoms with Crippen molar-refractivity contribution in [2.75, 3.05) is 25.0 Å². The van der Waals surface area contributed by atoms with Gasteiger partial charge in [-0.25, -0.2) is 0 Å². The number of amides is 1. The Morgan fingerprint density at radius 2 is 2.29 bits per heavy atom. The van der Waals surface area contributed by atoms with E-state index in [1.54, 1.807) is 6.20 Å². The second-order valence-electron chi connectivity index (χ2n) is 7.47. The molecule has 4 nitrogen and oxygen atoms in total. The number of likely N-dealkylation sites (tertiary alicyclic amines) is 1. The predicted octanol–water partition coefficient (Wildman–Crippen LogP) is 4.26. The predicted molar refractivity (Wildman–Crippen MR) is 99.9 cm³/mol. The number of carbonyl (C=O) groups is 1. The molecule has 1 aliphatic heterocycles. The molecule has 1 aromatic rings. The van der Waals surface area contributed by atoms with Gasteiger partial charge in [-0.05, 0) is 57.1 Å². The van der Waals surface area contributed by atoms with E-state index in [9.17, 15) is 4.79 Å². The third-order valence-corrected chi connectivity index (χ3v) is 4.76. The Balaban J connectivity index is 1.76. The van der Waals surface area contributed by atoms with Crippen LogP contribution >= 0.6 is 0 Å². The number of pyridine rings is 1. The Morgan fingerprint density at radius 1 is 1.46 bits per heavy atom. The number of piperidine rings is 1. The molecule has 1 saturated heterocycles. The highest BCUT2D eigenvalue weighted by Gasteiger charge is 2.33. The molecule has 1 atom stereocenters. The van der Waals surface area contributed by atoms with Crippen molar-refractivity contribution < 1.29 is 4.79 Å². The molecule has 2 rings (SSSR count). The van der Waals surface area contributed by atoms with Gasteiger partial charge in [0.15, 0.2) is 0 Å². The van der Waals surface area contributed by atoms with Crippen LogP contribution in [0.15, 0.2) is 36.2 Å². The first-order valence-electron chi connectivity index (χ1n) is 9.04. The molecule has 0 bridgehead atoms. The van der Waals surface area contributed by atoms with Gasteiger partial charge in [-0.15, -0.1) is 0 Å². The first-order valence-corrected chi connectivity index (χ1v) is 9.04. The van der Waals surface area contributed by atoms with E-state index in [0.717, 1.165) is 51.0 Å². The van der Waals surface area contributed by atoms with Gasteiger partial charge in [0, 0.05) is 38.4 Å². The molecule has 4 heteroatoms. The number of aromatic nitrogens is 1. The third-order valence-electron chi connectivity index (χ3n) is 4.76. The van der Waals surface area contributed by atoms with Gasteiger partial charge in [0.25, 0.3) is 0 Å². The van der Waals surface area contributed by atoms with E-state index in [1.807, 2.05) is 18.3 Å². The number of hydrogen-bond donors (Lipinski definition) is 1. The summed E-state index contributed by atoms with van der Waals surface area (Å²) < 4.78 is 0. The fraction of sp³-hybridized carbons (Fsp3) is 0.600. The molecule has 0 saturated carbocycles. The molecule has 1 aliphatic rings. The summed E-state index contributed by atoms with van der Waals surface area (Å²) in [6.45, 7) is 9.23. The Labute approximate surface area is 146 Å². The van der Waals surface area contributed by atoms with Crippen LogP contribution in [0.2, 0.25) is 0 Å². The Hall–Kier alpha value is -1.84. The maximum atomic E-state index is 12.2. The normalized spacial score (nSPS) is 20.8. The Bertz CT molecular complexity index is 551. The minimum Gasteiger partial charge on any atom is -0.384 e. The van der Waals surface area contributed by atoms with Gasteiger partial charge in [-0.3, -0.25) is 9.78 Å². The first kappa shape index (κ1) is 18.5. The first-order chi connectivity index (χ1) is 11.5. The average Bonchev–Trinajstić information content (AvgIpc) is 2.55. The van der Waals surface area contributed by atoms with E-state index in [-0.39, 0.29) is 5.41 Å². The molecular weight excluding hydrogens is 298 g/mol. The number of nitrogens with zero attached hydrogens (tertiary/aromatic N) is 2. The Kier molecular flexibility index (Phi) is 6.83. The molecule has 0 radical (unpaired) electrons. The smallest absolute Gasteiger partial charge is 0.222 e. The highest BCUT2D eigenvalue weighted by Crippen LogP contribution is 2.34. The van der Waals surface area contributed by atoms with Crippen molar-refractivity contribution >= 4 is 11.6 Å². The standard InChI is InChI=1S/C20H31N3O/c1-17(2)7-4-10-20(3)11-9-19(24)23(16-20)14-6-13-22-18-8-5-12-21-15-18/h5,7-8,12,15,22H,4,6,9-11,13-14,16H2,1-3H3. The summed E-state index contributed by atoms with van der Waals surface area (Å²) in [5, 5.41) is 3.36. The van der Waals surface area contributed by atoms with Crippen LogP contribution in [-0.4, -0.2) is 35.4 Å². The highest BCUT2D eigenvalue weighted by atomic mass is 16.2. The Morgan fingerprint density at radius 3 is 3.00 bits per heavy atom. The highest BCUT2D eigenvalue weighted by molar-refractivity contribution is 5.77. The van der Waals surface area contributed by atoms with E-state index < -0.39 is 0 Å². The molecule has 24 heavy (non-hydrogen) atoms. The number of nitrogens with one attached hydrogen (secondary N) is 1. The monoisotopic (exact) mass is 329 g/mol. The molecule has 1 fully saturated rings. The lowest BCUT2D eigenvalue weighted by atomic mass is 9.77. The molecule has 0 spiro atoms. The zero-order valence-corrected chi connectivity index (χ0v) is 15.3. The van der Waals surface area contributed by atoms with Crippen LogP contribution in [0.5, 0.6) is 0 Å². The minimum atomic E-state index is 0.261. The number of carbonyl (C=O) groups excluding carboxylic acids is 1. The quantitative estimate of drug-likeness (QED) is 0.572. The van der Waals surface area contributed by atoms with Crippen LogP contribution in [0.3, 0.4) is 0 Å². The van der Waals surface area contributed by atoms with Crippen molar-refractivity contribution in [1.29, 1.82) is 0 Å². The molecule has 1 aromatic heterocycles. The fourth-order valence-electron chi connectivity index (χ4n) is 3.28. The van der Waals surface area contributed by atoms with Crippen LogP contribution in [0.25, 0.3) is 0 Å². The number of anilines is 1. The van der Waals surface area contributed by atoms with E-state index in [4.69, 9.17) is 0 Å². The maximum absolute atomic E-state index is 12.2. The molecule has 2 heterocycles. The zero-order valence-electron chi connectivity index (χ0n) is 15.3. The molecule has 132 valence electrons. The fourth-order valence-corrected chi connectivity index (χ4v) is 3.28. The van der Waals surface area contributed by atoms with Gasteiger partial charge in [0.1, 0.15) is 0 Å². The number of hydrogen-bond acceptors (Lipinski definition) is 3. The van der Waals surface area contributed by atoms with Crippen molar-refractivity contribution in [3.8, 4) is 0 Å². The van der Waals surface area contributed by atoms with Gasteiger partial charge in [-0.1, -0.05) is 18.6 Å². The lowest BCUT2D eigenvalue weighted by molar-refractivity contribution is -0.137. The van der Waals surface area contributed by atoms with Gasteiger partial charge in [0.2, 0.25) is 5.91 Å². The average molecular weight is 329 g/mol. The van der Waals surface area contributed by atoms with Gasteiger partial charge < -0.3 is 10.2 Å². The van der Waals surface area contributed by atoms with Crippen LogP contribution in [-0.2, 0) is 4.79 Å². The zero-order chi connectivity index (χ0) is 17.4. The topological polar surface area (TPSA) is 45.2 Å². The summed E-state index contributed by atoms with van der Waals surface area (Å²) in [5.41, 5.74) is 2.68. The SMILES string of the molecule is CC(C)=CCCC1(C)CCC(=O)N(CCCNc2cccnc2)C1. The van der Waals surface area contributed by atoms with Crippen LogP contribution in [0.1, 0.15) is 52.9 Å². The third kappa shape index (κ3) is 5.99. The molecule has 0 aliphatic carbocycles. The molecule has 1 unspecified atom stereocenters. The second kappa shape index (κ2) is 8.86. The summed E-state index contributed by atoms with van der Waals surface area (Å²) in [5.74, 6) is 0.316. The van der Waals surface area contributed by atoms with Crippen molar-refractivity contribution in [2.45, 2.75) is 52.9 Å². The molecule has 1 amide bonds. The lowest BCUT2D eigenvalue weighted by Gasteiger charge is -2.40. The van der Waals surface area contributed by atoms with Crippen molar-refractivity contribution in [3.63, 3.8) is 0 Å². The lowest BCUT2D eigenvalue weighted by Crippen LogP contribution is -2.45. The minimum absolute atomic E-state index is 0.261. The molecule has 0 aromatic carbocycles. The molecule has 1 N–H and O–H groups in total.